The predicted octanol–water partition coefficient (Wildman–Crippen LogP) is 2.95. The van der Waals surface area contributed by atoms with Crippen LogP contribution < -0.4 is 14.9 Å². The van der Waals surface area contributed by atoms with Gasteiger partial charge in [0.15, 0.2) is 0 Å². The maximum absolute atomic E-state index is 13.6. The normalized spacial score (nSPS) is 15.8. The molecule has 2 aromatic carbocycles. The Morgan fingerprint density at radius 3 is 2.38 bits per heavy atom. The molecule has 3 aromatic rings. The van der Waals surface area contributed by atoms with Crippen molar-refractivity contribution in [2.75, 3.05) is 23.7 Å². The Balaban J connectivity index is 0.00000141. The summed E-state index contributed by atoms with van der Waals surface area (Å²) in [5, 5.41) is 25.0. The fourth-order valence-corrected chi connectivity index (χ4v) is 5.99. The number of hydrogen-bond acceptors (Lipinski definition) is 6. The first-order valence-corrected chi connectivity index (χ1v) is 15.0. The van der Waals surface area contributed by atoms with Gasteiger partial charge in [-0.3, -0.25) is 13.9 Å². The smallest absolute Gasteiger partial charge is 0.290 e. The maximum Gasteiger partial charge on any atom is 0.290 e. The first kappa shape index (κ1) is 31.1. The van der Waals surface area contributed by atoms with Crippen molar-refractivity contribution in [3.05, 3.63) is 65.4 Å². The van der Waals surface area contributed by atoms with Crippen LogP contribution >= 0.6 is 0 Å². The number of hydrogen-bond donors (Lipinski definition) is 4. The second kappa shape index (κ2) is 13.3. The average molecular weight is 573 g/mol. The number of amides is 1. The van der Waals surface area contributed by atoms with Crippen LogP contribution in [0.25, 0.3) is 10.9 Å². The Labute approximate surface area is 236 Å². The third-order valence-electron chi connectivity index (χ3n) is 7.03. The topological polar surface area (TPSA) is 141 Å². The lowest BCUT2D eigenvalue weighted by Crippen LogP contribution is -2.49. The molecule has 4 N–H and O–H groups in total. The lowest BCUT2D eigenvalue weighted by atomic mass is 9.98. The van der Waals surface area contributed by atoms with Crippen molar-refractivity contribution in [3.8, 4) is 0 Å². The molecule has 0 saturated carbocycles. The number of carbonyl (C=O) groups excluding carboxylic acids is 1. The van der Waals surface area contributed by atoms with Gasteiger partial charge >= 0.3 is 0 Å². The minimum atomic E-state index is -3.52. The van der Waals surface area contributed by atoms with Crippen LogP contribution in [0.15, 0.2) is 48.7 Å². The monoisotopic (exact) mass is 572 g/mol. The van der Waals surface area contributed by atoms with Crippen molar-refractivity contribution in [2.24, 2.45) is 0 Å². The minimum Gasteiger partial charge on any atom is -0.483 e. The number of carboxylic acid groups (broad SMARTS) is 1. The molecule has 10 nitrogen and oxygen atoms in total. The molecule has 40 heavy (non-hydrogen) atoms. The van der Waals surface area contributed by atoms with Crippen LogP contribution in [0.5, 0.6) is 0 Å². The Bertz CT molecular complexity index is 1420. The molecule has 0 radical (unpaired) electrons. The van der Waals surface area contributed by atoms with E-state index < -0.39 is 22.2 Å². The van der Waals surface area contributed by atoms with Crippen LogP contribution in [0.2, 0.25) is 0 Å². The molecule has 4 rings (SSSR count). The van der Waals surface area contributed by atoms with E-state index in [1.807, 2.05) is 61.0 Å². The molecule has 0 spiro atoms. The third kappa shape index (κ3) is 7.21. The fourth-order valence-electron chi connectivity index (χ4n) is 4.85. The van der Waals surface area contributed by atoms with Crippen LogP contribution in [-0.4, -0.2) is 73.1 Å². The van der Waals surface area contributed by atoms with Gasteiger partial charge in [-0.25, -0.2) is 8.42 Å². The number of benzene rings is 2. The van der Waals surface area contributed by atoms with Crippen LogP contribution in [0.3, 0.4) is 0 Å². The third-order valence-corrected chi connectivity index (χ3v) is 8.76. The molecular formula is C29H40N4O6S. The summed E-state index contributed by atoms with van der Waals surface area (Å²) < 4.78 is 29.0. The highest BCUT2D eigenvalue weighted by Crippen LogP contribution is 2.37. The van der Waals surface area contributed by atoms with Crippen molar-refractivity contribution >= 4 is 39.0 Å². The standard InChI is InChI=1S/C28H38N4O4S.CH2O2/c1-18(2)23-17-32-11-12-37(35,36)31(5)25-15-21(14-22(23)27(25)32)28(34)30-24(26(33)16-29-19(3)4)13-20-9-7-6-8-10-20;2-1-3/h6-10,14-15,17-19,24,26,29,33H,11-13,16H2,1-5H3,(H,30,34);1H,(H,2,3)/t24-,26+;/m0./s1. The summed E-state index contributed by atoms with van der Waals surface area (Å²) in [5.41, 5.74) is 3.76. The number of anilines is 1. The number of nitrogens with zero attached hydrogens (tertiary/aromatic N) is 2. The highest BCUT2D eigenvalue weighted by Gasteiger charge is 2.30. The van der Waals surface area contributed by atoms with E-state index in [0.717, 1.165) is 22.0 Å². The van der Waals surface area contributed by atoms with Crippen LogP contribution in [0.1, 0.15) is 55.1 Å². The molecule has 0 unspecified atom stereocenters. The maximum atomic E-state index is 13.6. The summed E-state index contributed by atoms with van der Waals surface area (Å²) in [7, 11) is -1.97. The molecule has 1 amide bonds. The van der Waals surface area contributed by atoms with Gasteiger partial charge in [0, 0.05) is 43.3 Å². The van der Waals surface area contributed by atoms with Gasteiger partial charge in [-0.05, 0) is 35.6 Å². The first-order chi connectivity index (χ1) is 18.9. The Hall–Kier alpha value is -3.41. The number of carbonyl (C=O) groups is 2. The van der Waals surface area contributed by atoms with E-state index in [0.29, 0.717) is 30.8 Å². The molecule has 218 valence electrons. The van der Waals surface area contributed by atoms with E-state index in [4.69, 9.17) is 9.90 Å². The molecule has 2 atom stereocenters. The van der Waals surface area contributed by atoms with E-state index >= 15 is 0 Å². The molecule has 11 heteroatoms. The van der Waals surface area contributed by atoms with Gasteiger partial charge in [0.25, 0.3) is 12.4 Å². The summed E-state index contributed by atoms with van der Waals surface area (Å²) in [6.45, 7) is 8.63. The van der Waals surface area contributed by atoms with Crippen molar-refractivity contribution in [3.63, 3.8) is 0 Å². The summed E-state index contributed by atoms with van der Waals surface area (Å²) in [6.07, 6.45) is 1.66. The second-order valence-electron chi connectivity index (χ2n) is 10.6. The number of sulfonamides is 1. The number of nitrogens with one attached hydrogen (secondary N) is 2. The molecule has 0 saturated heterocycles. The zero-order valence-corrected chi connectivity index (χ0v) is 24.5. The van der Waals surface area contributed by atoms with Gasteiger partial charge in [0.05, 0.1) is 29.1 Å². The highest BCUT2D eigenvalue weighted by molar-refractivity contribution is 7.92. The van der Waals surface area contributed by atoms with E-state index in [1.54, 1.807) is 13.1 Å². The van der Waals surface area contributed by atoms with Gasteiger partial charge in [-0.15, -0.1) is 0 Å². The molecule has 1 aliphatic rings. The molecule has 0 fully saturated rings. The number of aromatic nitrogens is 1. The fraction of sp³-hybridized carbons (Fsp3) is 0.448. The zero-order valence-electron chi connectivity index (χ0n) is 23.7. The summed E-state index contributed by atoms with van der Waals surface area (Å²) in [6, 6.07) is 12.9. The Morgan fingerprint density at radius 1 is 1.12 bits per heavy atom. The van der Waals surface area contributed by atoms with Crippen LogP contribution in [-0.2, 0) is 27.8 Å². The molecular weight excluding hydrogens is 532 g/mol. The van der Waals surface area contributed by atoms with Crippen LogP contribution in [0.4, 0.5) is 5.69 Å². The second-order valence-corrected chi connectivity index (χ2v) is 12.7. The van der Waals surface area contributed by atoms with Gasteiger partial charge in [0.1, 0.15) is 0 Å². The van der Waals surface area contributed by atoms with Crippen LogP contribution in [0, 0.1) is 0 Å². The largest absolute Gasteiger partial charge is 0.483 e. The quantitative estimate of drug-likeness (QED) is 0.289. The van der Waals surface area contributed by atoms with Crippen molar-refractivity contribution < 1.29 is 28.2 Å². The zero-order chi connectivity index (χ0) is 29.6. The minimum absolute atomic E-state index is 0.00474. The first-order valence-electron chi connectivity index (χ1n) is 13.4. The number of aryl methyl sites for hydroxylation is 1. The van der Waals surface area contributed by atoms with Gasteiger partial charge in [0.2, 0.25) is 10.0 Å². The van der Waals surface area contributed by atoms with E-state index in [-0.39, 0.29) is 30.1 Å². The number of aliphatic hydroxyl groups excluding tert-OH is 1. The lowest BCUT2D eigenvalue weighted by molar-refractivity contribution is -0.122. The van der Waals surface area contributed by atoms with E-state index in [9.17, 15) is 18.3 Å². The van der Waals surface area contributed by atoms with Gasteiger partial charge in [-0.1, -0.05) is 58.0 Å². The molecule has 0 aliphatic carbocycles. The van der Waals surface area contributed by atoms with Crippen molar-refractivity contribution in [1.82, 2.24) is 15.2 Å². The Kier molecular flexibility index (Phi) is 10.3. The number of aliphatic hydroxyl groups is 1. The highest BCUT2D eigenvalue weighted by atomic mass is 32.2. The molecule has 2 heterocycles. The summed E-state index contributed by atoms with van der Waals surface area (Å²) >= 11 is 0. The Morgan fingerprint density at radius 2 is 1.77 bits per heavy atom. The predicted molar refractivity (Wildman–Crippen MR) is 157 cm³/mol. The summed E-state index contributed by atoms with van der Waals surface area (Å²) in [5.74, 6) is -0.152. The molecule has 0 bridgehead atoms. The van der Waals surface area contributed by atoms with Crippen molar-refractivity contribution in [2.45, 2.75) is 64.8 Å². The van der Waals surface area contributed by atoms with E-state index in [1.165, 1.54) is 4.31 Å². The van der Waals surface area contributed by atoms with Gasteiger partial charge < -0.3 is 25.4 Å². The van der Waals surface area contributed by atoms with E-state index in [2.05, 4.69) is 24.5 Å². The lowest BCUT2D eigenvalue weighted by Gasteiger charge is -2.26. The summed E-state index contributed by atoms with van der Waals surface area (Å²) in [4.78, 5) is 22.0. The SMILES string of the molecule is CC(C)NC[C@@H](O)[C@H](Cc1ccccc1)NC(=O)c1cc2c3c(c1)c(C(C)C)cn3CCS(=O)(=O)N2C.O=CO. The van der Waals surface area contributed by atoms with Gasteiger partial charge in [-0.2, -0.15) is 0 Å². The molecule has 1 aromatic heterocycles. The average Bonchev–Trinajstić information content (AvgIpc) is 3.25. The molecule has 1 aliphatic heterocycles. The number of rotatable bonds is 9. The van der Waals surface area contributed by atoms with Crippen molar-refractivity contribution in [1.29, 1.82) is 0 Å².